The maximum absolute atomic E-state index is 11.7. The maximum atomic E-state index is 11.7. The molecule has 0 saturated heterocycles. The number of nitrogens with one attached hydrogen (secondary N) is 3. The normalized spacial score (nSPS) is 10.3. The van der Waals surface area contributed by atoms with Crippen LogP contribution in [0.25, 0.3) is 6.08 Å². The van der Waals surface area contributed by atoms with Gasteiger partial charge in [0.1, 0.15) is 5.75 Å². The van der Waals surface area contributed by atoms with Gasteiger partial charge in [0.05, 0.1) is 0 Å². The Morgan fingerprint density at radius 2 is 2.08 bits per heavy atom. The predicted octanol–water partition coefficient (Wildman–Crippen LogP) is 2.17. The van der Waals surface area contributed by atoms with Crippen LogP contribution in [0.1, 0.15) is 10.4 Å². The number of thiophene rings is 1. The van der Waals surface area contributed by atoms with Gasteiger partial charge in [-0.1, -0.05) is 18.2 Å². The molecule has 0 unspecified atom stereocenters. The number of aryl methyl sites for hydroxylation is 1. The van der Waals surface area contributed by atoms with Gasteiger partial charge in [0.15, 0.2) is 11.7 Å². The van der Waals surface area contributed by atoms with Crippen molar-refractivity contribution in [2.24, 2.45) is 0 Å². The molecule has 1 aromatic heterocycles. The van der Waals surface area contributed by atoms with Crippen LogP contribution in [0.3, 0.4) is 0 Å². The van der Waals surface area contributed by atoms with Crippen LogP contribution in [0.4, 0.5) is 0 Å². The van der Waals surface area contributed by atoms with Gasteiger partial charge in [0.25, 0.3) is 5.91 Å². The van der Waals surface area contributed by atoms with Gasteiger partial charge in [-0.15, -0.1) is 11.3 Å². The van der Waals surface area contributed by atoms with Gasteiger partial charge in [0.2, 0.25) is 5.91 Å². The SMILES string of the molecule is Cc1cccc(OCC(=O)NNC(=S)NC(=O)/C=C/c2cccs2)c1. The molecule has 2 amide bonds. The molecule has 0 spiro atoms. The van der Waals surface area contributed by atoms with Crippen molar-refractivity contribution in [2.45, 2.75) is 6.92 Å². The van der Waals surface area contributed by atoms with E-state index in [1.807, 2.05) is 42.6 Å². The molecule has 0 aliphatic carbocycles. The highest BCUT2D eigenvalue weighted by atomic mass is 32.1. The van der Waals surface area contributed by atoms with Crippen molar-refractivity contribution in [1.82, 2.24) is 16.2 Å². The monoisotopic (exact) mass is 375 g/mol. The predicted molar refractivity (Wildman–Crippen MR) is 102 cm³/mol. The molecule has 1 aromatic carbocycles. The maximum Gasteiger partial charge on any atom is 0.276 e. The first kappa shape index (κ1) is 18.6. The number of carbonyl (C=O) groups is 2. The van der Waals surface area contributed by atoms with Crippen molar-refractivity contribution in [3.63, 3.8) is 0 Å². The second-order valence-corrected chi connectivity index (χ2v) is 6.33. The van der Waals surface area contributed by atoms with E-state index in [4.69, 9.17) is 17.0 Å². The van der Waals surface area contributed by atoms with Gasteiger partial charge in [-0.2, -0.15) is 0 Å². The van der Waals surface area contributed by atoms with E-state index >= 15 is 0 Å². The zero-order chi connectivity index (χ0) is 18.1. The van der Waals surface area contributed by atoms with Crippen molar-refractivity contribution < 1.29 is 14.3 Å². The number of amides is 2. The molecule has 0 aliphatic rings. The van der Waals surface area contributed by atoms with E-state index < -0.39 is 11.8 Å². The van der Waals surface area contributed by atoms with Gasteiger partial charge in [0, 0.05) is 11.0 Å². The van der Waals surface area contributed by atoms with E-state index in [0.29, 0.717) is 5.75 Å². The fraction of sp³-hybridized carbons (Fsp3) is 0.118. The highest BCUT2D eigenvalue weighted by molar-refractivity contribution is 7.80. The molecular formula is C17H17N3O3S2. The van der Waals surface area contributed by atoms with E-state index in [1.54, 1.807) is 12.1 Å². The number of carbonyl (C=O) groups excluding carboxylic acids is 2. The third kappa shape index (κ3) is 7.15. The number of benzene rings is 1. The zero-order valence-corrected chi connectivity index (χ0v) is 15.1. The third-order valence-electron chi connectivity index (χ3n) is 2.85. The molecule has 0 aliphatic heterocycles. The van der Waals surface area contributed by atoms with Crippen LogP contribution in [-0.2, 0) is 9.59 Å². The molecule has 0 atom stereocenters. The zero-order valence-electron chi connectivity index (χ0n) is 13.4. The molecule has 0 radical (unpaired) electrons. The number of rotatable bonds is 5. The fourth-order valence-corrected chi connectivity index (χ4v) is 2.51. The minimum Gasteiger partial charge on any atom is -0.484 e. The molecule has 130 valence electrons. The minimum atomic E-state index is -0.424. The van der Waals surface area contributed by atoms with Crippen LogP contribution < -0.4 is 20.9 Å². The van der Waals surface area contributed by atoms with Crippen LogP contribution in [0, 0.1) is 6.92 Å². The number of thiocarbonyl (C=S) groups is 1. The van der Waals surface area contributed by atoms with Gasteiger partial charge in [-0.3, -0.25) is 25.8 Å². The second-order valence-electron chi connectivity index (χ2n) is 4.95. The summed E-state index contributed by atoms with van der Waals surface area (Å²) in [4.78, 5) is 24.3. The van der Waals surface area contributed by atoms with Crippen molar-refractivity contribution in [3.05, 3.63) is 58.3 Å². The number of hydrogen-bond acceptors (Lipinski definition) is 5. The molecule has 8 heteroatoms. The Morgan fingerprint density at radius 3 is 2.80 bits per heavy atom. The van der Waals surface area contributed by atoms with Gasteiger partial charge in [-0.05, 0) is 54.4 Å². The Bertz CT molecular complexity index is 773. The number of hydrazine groups is 1. The van der Waals surface area contributed by atoms with Gasteiger partial charge < -0.3 is 4.74 Å². The van der Waals surface area contributed by atoms with Crippen LogP contribution in [-0.4, -0.2) is 23.5 Å². The quantitative estimate of drug-likeness (QED) is 0.424. The lowest BCUT2D eigenvalue weighted by Crippen LogP contribution is -2.49. The van der Waals surface area contributed by atoms with Crippen LogP contribution in [0.2, 0.25) is 0 Å². The standard InChI is InChI=1S/C17H17N3O3S2/c1-12-4-2-5-13(10-12)23-11-16(22)19-20-17(24)18-15(21)8-7-14-6-3-9-25-14/h2-10H,11H2,1H3,(H,19,22)(H2,18,20,21,24)/b8-7+. The lowest BCUT2D eigenvalue weighted by atomic mass is 10.2. The summed E-state index contributed by atoms with van der Waals surface area (Å²) >= 11 is 6.44. The molecule has 2 aromatic rings. The summed E-state index contributed by atoms with van der Waals surface area (Å²) in [6.07, 6.45) is 3.04. The summed E-state index contributed by atoms with van der Waals surface area (Å²) in [5, 5.41) is 4.33. The Hall–Kier alpha value is -2.71. The van der Waals surface area contributed by atoms with Crippen LogP contribution >= 0.6 is 23.6 Å². The molecule has 0 saturated carbocycles. The third-order valence-corrected chi connectivity index (χ3v) is 3.90. The lowest BCUT2D eigenvalue weighted by Gasteiger charge is -2.10. The first-order valence-electron chi connectivity index (χ1n) is 7.34. The van der Waals surface area contributed by atoms with E-state index in [0.717, 1.165) is 10.4 Å². The average molecular weight is 375 g/mol. The molecule has 0 bridgehead atoms. The van der Waals surface area contributed by atoms with Crippen molar-refractivity contribution in [2.75, 3.05) is 6.61 Å². The number of hydrogen-bond donors (Lipinski definition) is 3. The lowest BCUT2D eigenvalue weighted by molar-refractivity contribution is -0.123. The molecular weight excluding hydrogens is 358 g/mol. The molecule has 1 heterocycles. The first-order chi connectivity index (χ1) is 12.0. The minimum absolute atomic E-state index is 0.00950. The van der Waals surface area contributed by atoms with Crippen LogP contribution in [0.15, 0.2) is 47.9 Å². The Labute approximate surface area is 154 Å². The first-order valence-corrected chi connectivity index (χ1v) is 8.62. The topological polar surface area (TPSA) is 79.5 Å². The average Bonchev–Trinajstić information content (AvgIpc) is 3.10. The highest BCUT2D eigenvalue weighted by Crippen LogP contribution is 2.12. The van der Waals surface area contributed by atoms with Crippen LogP contribution in [0.5, 0.6) is 5.75 Å². The second kappa shape index (κ2) is 9.55. The van der Waals surface area contributed by atoms with Gasteiger partial charge in [-0.25, -0.2) is 0 Å². The summed E-state index contributed by atoms with van der Waals surface area (Å²) in [7, 11) is 0. The largest absolute Gasteiger partial charge is 0.484 e. The summed E-state index contributed by atoms with van der Waals surface area (Å²) < 4.78 is 5.35. The molecule has 6 nitrogen and oxygen atoms in total. The fourth-order valence-electron chi connectivity index (χ4n) is 1.75. The molecule has 2 rings (SSSR count). The Morgan fingerprint density at radius 1 is 1.24 bits per heavy atom. The smallest absolute Gasteiger partial charge is 0.276 e. The Balaban J connectivity index is 1.66. The molecule has 25 heavy (non-hydrogen) atoms. The Kier molecular flexibility index (Phi) is 7.12. The van der Waals surface area contributed by atoms with E-state index in [-0.39, 0.29) is 11.7 Å². The van der Waals surface area contributed by atoms with Crippen molar-refractivity contribution >= 4 is 46.6 Å². The summed E-state index contributed by atoms with van der Waals surface area (Å²) in [5.74, 6) is -0.215. The molecule has 0 fully saturated rings. The van der Waals surface area contributed by atoms with Crippen molar-refractivity contribution in [1.29, 1.82) is 0 Å². The summed E-state index contributed by atoms with van der Waals surface area (Å²) in [6, 6.07) is 11.1. The van der Waals surface area contributed by atoms with Crippen molar-refractivity contribution in [3.8, 4) is 5.75 Å². The summed E-state index contributed by atoms with van der Waals surface area (Å²) in [5.41, 5.74) is 5.83. The van der Waals surface area contributed by atoms with E-state index in [9.17, 15) is 9.59 Å². The van der Waals surface area contributed by atoms with E-state index in [1.165, 1.54) is 17.4 Å². The summed E-state index contributed by atoms with van der Waals surface area (Å²) in [6.45, 7) is 1.76. The van der Waals surface area contributed by atoms with E-state index in [2.05, 4.69) is 16.2 Å². The highest BCUT2D eigenvalue weighted by Gasteiger charge is 2.05. The van der Waals surface area contributed by atoms with Gasteiger partial charge >= 0.3 is 0 Å². The number of ether oxygens (including phenoxy) is 1. The molecule has 3 N–H and O–H groups in total.